The highest BCUT2D eigenvalue weighted by Gasteiger charge is 2.01. The number of nitrogens with one attached hydrogen (secondary N) is 1. The molecule has 0 aliphatic carbocycles. The number of fused-ring (bicyclic) bond motifs is 1. The first-order valence-electron chi connectivity index (χ1n) is 6.85. The van der Waals surface area contributed by atoms with Crippen LogP contribution in [-0.2, 0) is 0 Å². The van der Waals surface area contributed by atoms with E-state index in [2.05, 4.69) is 23.5 Å². The van der Waals surface area contributed by atoms with Gasteiger partial charge in [0.25, 0.3) is 5.91 Å². The summed E-state index contributed by atoms with van der Waals surface area (Å²) < 4.78 is 0. The fourth-order valence-electron chi connectivity index (χ4n) is 2.28. The van der Waals surface area contributed by atoms with E-state index in [1.54, 1.807) is 18.3 Å². The van der Waals surface area contributed by atoms with E-state index >= 15 is 0 Å². The van der Waals surface area contributed by atoms with Gasteiger partial charge in [0.15, 0.2) is 0 Å². The van der Waals surface area contributed by atoms with Crippen LogP contribution in [0.4, 0.5) is 0 Å². The van der Waals surface area contributed by atoms with Crippen molar-refractivity contribution >= 4 is 22.8 Å². The first kappa shape index (κ1) is 13.1. The lowest BCUT2D eigenvalue weighted by atomic mass is 10.0. The maximum Gasteiger partial charge on any atom is 0.255 e. The Morgan fingerprint density at radius 1 is 0.810 bits per heavy atom. The number of carbonyl (C=O) groups excluding carboxylic acids is 1. The average molecular weight is 273 g/mol. The molecule has 102 valence electrons. The third-order valence-corrected chi connectivity index (χ3v) is 3.34. The highest BCUT2D eigenvalue weighted by molar-refractivity contribution is 5.95. The second-order valence-electron chi connectivity index (χ2n) is 4.74. The van der Waals surface area contributed by atoms with Crippen molar-refractivity contribution in [1.82, 2.24) is 5.32 Å². The van der Waals surface area contributed by atoms with Crippen molar-refractivity contribution in [3.8, 4) is 0 Å². The molecule has 0 fully saturated rings. The largest absolute Gasteiger partial charge is 0.329 e. The molecule has 0 saturated carbocycles. The van der Waals surface area contributed by atoms with Crippen LogP contribution in [0.5, 0.6) is 0 Å². The molecule has 0 saturated heterocycles. The predicted octanol–water partition coefficient (Wildman–Crippen LogP) is 4.24. The lowest BCUT2D eigenvalue weighted by Gasteiger charge is -2.02. The van der Waals surface area contributed by atoms with Crippen molar-refractivity contribution in [2.24, 2.45) is 0 Å². The minimum absolute atomic E-state index is 0.105. The van der Waals surface area contributed by atoms with Crippen molar-refractivity contribution in [1.29, 1.82) is 0 Å². The summed E-state index contributed by atoms with van der Waals surface area (Å²) in [6.45, 7) is 0. The molecule has 0 unspecified atom stereocenters. The van der Waals surface area contributed by atoms with Gasteiger partial charge < -0.3 is 5.32 Å². The summed E-state index contributed by atoms with van der Waals surface area (Å²) in [5, 5.41) is 5.15. The maximum atomic E-state index is 11.9. The van der Waals surface area contributed by atoms with Gasteiger partial charge in [-0.1, -0.05) is 60.7 Å². The Hall–Kier alpha value is -2.87. The van der Waals surface area contributed by atoms with Crippen LogP contribution in [0.15, 0.2) is 79.0 Å². The van der Waals surface area contributed by atoms with Gasteiger partial charge in [-0.25, -0.2) is 0 Å². The number of carbonyl (C=O) groups is 1. The molecule has 0 bridgehead atoms. The van der Waals surface area contributed by atoms with Crippen LogP contribution < -0.4 is 5.32 Å². The Morgan fingerprint density at radius 2 is 1.52 bits per heavy atom. The summed E-state index contributed by atoms with van der Waals surface area (Å²) in [5.74, 6) is -0.105. The Morgan fingerprint density at radius 3 is 2.38 bits per heavy atom. The molecule has 3 rings (SSSR count). The van der Waals surface area contributed by atoms with E-state index in [1.807, 2.05) is 48.5 Å². The van der Waals surface area contributed by atoms with E-state index in [9.17, 15) is 4.79 Å². The standard InChI is InChI=1S/C19H15NO/c21-19(17-8-2-1-3-9-17)20-14-13-16-11-6-10-15-7-4-5-12-18(15)16/h1-14H,(H,20,21)/b14-13+. The molecule has 0 aliphatic rings. The predicted molar refractivity (Wildman–Crippen MR) is 86.9 cm³/mol. The van der Waals surface area contributed by atoms with E-state index in [4.69, 9.17) is 0 Å². The number of amides is 1. The molecule has 3 aromatic rings. The molecule has 0 aromatic heterocycles. The molecule has 1 N–H and O–H groups in total. The second-order valence-corrected chi connectivity index (χ2v) is 4.74. The van der Waals surface area contributed by atoms with E-state index in [0.29, 0.717) is 5.56 Å². The van der Waals surface area contributed by atoms with Crippen LogP contribution in [0, 0.1) is 0 Å². The monoisotopic (exact) mass is 273 g/mol. The Balaban J connectivity index is 1.78. The van der Waals surface area contributed by atoms with Gasteiger partial charge >= 0.3 is 0 Å². The van der Waals surface area contributed by atoms with Crippen LogP contribution in [0.2, 0.25) is 0 Å². The van der Waals surface area contributed by atoms with Gasteiger partial charge in [0.1, 0.15) is 0 Å². The number of hydrogen-bond acceptors (Lipinski definition) is 1. The van der Waals surface area contributed by atoms with E-state index in [-0.39, 0.29) is 5.91 Å². The van der Waals surface area contributed by atoms with Crippen molar-refractivity contribution in [3.63, 3.8) is 0 Å². The van der Waals surface area contributed by atoms with Crippen LogP contribution in [0.25, 0.3) is 16.8 Å². The zero-order valence-corrected chi connectivity index (χ0v) is 11.5. The van der Waals surface area contributed by atoms with Gasteiger partial charge in [0.2, 0.25) is 0 Å². The zero-order chi connectivity index (χ0) is 14.5. The quantitative estimate of drug-likeness (QED) is 0.759. The molecule has 0 heterocycles. The summed E-state index contributed by atoms with van der Waals surface area (Å²) >= 11 is 0. The van der Waals surface area contributed by atoms with Gasteiger partial charge in [0, 0.05) is 11.8 Å². The molecular weight excluding hydrogens is 258 g/mol. The van der Waals surface area contributed by atoms with Gasteiger partial charge in [-0.2, -0.15) is 0 Å². The van der Waals surface area contributed by atoms with E-state index in [1.165, 1.54) is 10.8 Å². The first-order valence-corrected chi connectivity index (χ1v) is 6.85. The first-order chi connectivity index (χ1) is 10.3. The SMILES string of the molecule is O=C(N/C=C/c1cccc2ccccc12)c1ccccc1. The smallest absolute Gasteiger partial charge is 0.255 e. The maximum absolute atomic E-state index is 11.9. The topological polar surface area (TPSA) is 29.1 Å². The summed E-state index contributed by atoms with van der Waals surface area (Å²) in [4.78, 5) is 11.9. The average Bonchev–Trinajstić information content (AvgIpc) is 2.56. The van der Waals surface area contributed by atoms with E-state index < -0.39 is 0 Å². The Bertz CT molecular complexity index is 786. The molecule has 2 heteroatoms. The van der Waals surface area contributed by atoms with Crippen molar-refractivity contribution < 1.29 is 4.79 Å². The number of hydrogen-bond donors (Lipinski definition) is 1. The van der Waals surface area contributed by atoms with Crippen molar-refractivity contribution in [2.45, 2.75) is 0 Å². The fourth-order valence-corrected chi connectivity index (χ4v) is 2.28. The Kier molecular flexibility index (Phi) is 3.79. The Labute approximate surface area is 123 Å². The molecular formula is C19H15NO. The molecule has 0 aliphatic heterocycles. The molecule has 1 amide bonds. The van der Waals surface area contributed by atoms with Crippen LogP contribution >= 0.6 is 0 Å². The molecule has 2 nitrogen and oxygen atoms in total. The minimum Gasteiger partial charge on any atom is -0.329 e. The summed E-state index contributed by atoms with van der Waals surface area (Å²) in [7, 11) is 0. The molecule has 0 radical (unpaired) electrons. The number of benzene rings is 3. The van der Waals surface area contributed by atoms with Crippen molar-refractivity contribution in [2.75, 3.05) is 0 Å². The second kappa shape index (κ2) is 6.06. The number of rotatable bonds is 3. The minimum atomic E-state index is -0.105. The third kappa shape index (κ3) is 3.00. The lowest BCUT2D eigenvalue weighted by molar-refractivity contribution is 0.0970. The third-order valence-electron chi connectivity index (χ3n) is 3.34. The summed E-state index contributed by atoms with van der Waals surface area (Å²) in [5.41, 5.74) is 1.74. The highest BCUT2D eigenvalue weighted by atomic mass is 16.1. The fraction of sp³-hybridized carbons (Fsp3) is 0. The summed E-state index contributed by atoms with van der Waals surface area (Å²) in [6, 6.07) is 23.5. The normalized spacial score (nSPS) is 10.9. The van der Waals surface area contributed by atoms with Crippen LogP contribution in [0.1, 0.15) is 15.9 Å². The van der Waals surface area contributed by atoms with Gasteiger partial charge in [-0.15, -0.1) is 0 Å². The van der Waals surface area contributed by atoms with Crippen LogP contribution in [0.3, 0.4) is 0 Å². The molecule has 3 aromatic carbocycles. The zero-order valence-electron chi connectivity index (χ0n) is 11.5. The molecule has 21 heavy (non-hydrogen) atoms. The molecule has 0 spiro atoms. The van der Waals surface area contributed by atoms with Gasteiger partial charge in [-0.3, -0.25) is 4.79 Å². The molecule has 0 atom stereocenters. The van der Waals surface area contributed by atoms with E-state index in [0.717, 1.165) is 5.56 Å². The highest BCUT2D eigenvalue weighted by Crippen LogP contribution is 2.19. The summed E-state index contributed by atoms with van der Waals surface area (Å²) in [6.07, 6.45) is 3.61. The van der Waals surface area contributed by atoms with Gasteiger partial charge in [0.05, 0.1) is 0 Å². The van der Waals surface area contributed by atoms with Crippen molar-refractivity contribution in [3.05, 3.63) is 90.1 Å². The lowest BCUT2D eigenvalue weighted by Crippen LogP contribution is -2.16. The van der Waals surface area contributed by atoms with Gasteiger partial charge in [-0.05, 0) is 34.5 Å². The van der Waals surface area contributed by atoms with Crippen LogP contribution in [-0.4, -0.2) is 5.91 Å².